The maximum absolute atomic E-state index is 12.1. The first kappa shape index (κ1) is 11.8. The molecule has 2 N–H and O–H groups in total. The van der Waals surface area contributed by atoms with Gasteiger partial charge in [0.15, 0.2) is 0 Å². The molecule has 1 aliphatic heterocycles. The Morgan fingerprint density at radius 1 is 1.29 bits per heavy atom. The average molecular weight is 255 g/mol. The van der Waals surface area contributed by atoms with Gasteiger partial charge in [0.2, 0.25) is 5.91 Å². The highest BCUT2D eigenvalue weighted by atomic mass is 32.2. The highest BCUT2D eigenvalue weighted by Crippen LogP contribution is 2.48. The Bertz CT molecular complexity index is 304. The number of hydrogen-bond donors (Lipinski definition) is 2. The summed E-state index contributed by atoms with van der Waals surface area (Å²) in [5.74, 6) is 2.96. The fourth-order valence-electron chi connectivity index (χ4n) is 3.94. The molecule has 2 bridgehead atoms. The summed E-state index contributed by atoms with van der Waals surface area (Å²) in [6.45, 7) is 0.240. The van der Waals surface area contributed by atoms with Crippen LogP contribution in [0.5, 0.6) is 0 Å². The Morgan fingerprint density at radius 3 is 2.82 bits per heavy atom. The number of rotatable bonds is 3. The lowest BCUT2D eigenvalue weighted by Gasteiger charge is -2.31. The Morgan fingerprint density at radius 2 is 2.12 bits per heavy atom. The molecule has 1 amide bonds. The first-order valence-electron chi connectivity index (χ1n) is 6.82. The average Bonchev–Trinajstić information content (AvgIpc) is 3.05. The van der Waals surface area contributed by atoms with Crippen LogP contribution in [0.15, 0.2) is 0 Å². The molecule has 3 rings (SSSR count). The van der Waals surface area contributed by atoms with Crippen molar-refractivity contribution < 1.29 is 9.90 Å². The normalized spacial score (nSPS) is 44.2. The van der Waals surface area contributed by atoms with Crippen LogP contribution >= 0.6 is 11.8 Å². The van der Waals surface area contributed by atoms with Gasteiger partial charge >= 0.3 is 0 Å². The number of amides is 1. The van der Waals surface area contributed by atoms with E-state index in [0.717, 1.165) is 12.2 Å². The summed E-state index contributed by atoms with van der Waals surface area (Å²) < 4.78 is 0. The number of carbonyl (C=O) groups excluding carboxylic acids is 1. The minimum Gasteiger partial charge on any atom is -0.396 e. The molecule has 0 radical (unpaired) electrons. The van der Waals surface area contributed by atoms with Crippen LogP contribution in [-0.2, 0) is 4.79 Å². The molecule has 2 aliphatic carbocycles. The number of aliphatic hydroxyl groups excluding tert-OH is 1. The van der Waals surface area contributed by atoms with Crippen molar-refractivity contribution in [2.24, 2.45) is 17.8 Å². The Labute approximate surface area is 107 Å². The first-order chi connectivity index (χ1) is 8.29. The van der Waals surface area contributed by atoms with Crippen molar-refractivity contribution in [1.29, 1.82) is 0 Å². The molecule has 5 atom stereocenters. The van der Waals surface area contributed by atoms with Gasteiger partial charge in [-0.3, -0.25) is 4.79 Å². The van der Waals surface area contributed by atoms with Crippen molar-refractivity contribution >= 4 is 17.7 Å². The zero-order valence-electron chi connectivity index (χ0n) is 10.1. The van der Waals surface area contributed by atoms with E-state index in [9.17, 15) is 9.90 Å². The summed E-state index contributed by atoms with van der Waals surface area (Å²) >= 11 is 1.79. The fraction of sp³-hybridized carbons (Fsp3) is 0.923. The Hall–Kier alpha value is -0.220. The maximum Gasteiger partial charge on any atom is 0.233 e. The van der Waals surface area contributed by atoms with Gasteiger partial charge in [-0.2, -0.15) is 0 Å². The van der Waals surface area contributed by atoms with Gasteiger partial charge in [0.25, 0.3) is 0 Å². The van der Waals surface area contributed by atoms with Crippen molar-refractivity contribution in [3.05, 3.63) is 0 Å². The number of carbonyl (C=O) groups is 1. The topological polar surface area (TPSA) is 49.3 Å². The third-order valence-electron chi connectivity index (χ3n) is 4.83. The van der Waals surface area contributed by atoms with Crippen LogP contribution in [-0.4, -0.2) is 34.7 Å². The van der Waals surface area contributed by atoms with Gasteiger partial charge in [0, 0.05) is 18.6 Å². The van der Waals surface area contributed by atoms with E-state index in [0.29, 0.717) is 17.8 Å². The standard InChI is InChI=1S/C13H21NO2S/c15-7-10-8-3-4-9(6-8)12(10)14-13(16)11-2-1-5-17-11/h8-12,15H,1-7H2,(H,14,16). The number of fused-ring (bicyclic) bond motifs is 2. The highest BCUT2D eigenvalue weighted by Gasteiger charge is 2.48. The van der Waals surface area contributed by atoms with Gasteiger partial charge < -0.3 is 10.4 Å². The molecule has 1 saturated heterocycles. The van der Waals surface area contributed by atoms with E-state index in [4.69, 9.17) is 0 Å². The van der Waals surface area contributed by atoms with E-state index in [2.05, 4.69) is 5.32 Å². The van der Waals surface area contributed by atoms with E-state index in [1.54, 1.807) is 11.8 Å². The molecule has 0 spiro atoms. The third-order valence-corrected chi connectivity index (χ3v) is 6.21. The smallest absolute Gasteiger partial charge is 0.233 e. The van der Waals surface area contributed by atoms with Gasteiger partial charge in [-0.15, -0.1) is 11.8 Å². The summed E-state index contributed by atoms with van der Waals surface area (Å²) in [6.07, 6.45) is 5.91. The highest BCUT2D eigenvalue weighted by molar-refractivity contribution is 8.00. The van der Waals surface area contributed by atoms with Gasteiger partial charge in [0.05, 0.1) is 5.25 Å². The quantitative estimate of drug-likeness (QED) is 0.801. The predicted octanol–water partition coefficient (Wildman–Crippen LogP) is 1.41. The van der Waals surface area contributed by atoms with Gasteiger partial charge in [-0.25, -0.2) is 0 Å². The molecule has 4 heteroatoms. The van der Waals surface area contributed by atoms with Crippen LogP contribution in [0.3, 0.4) is 0 Å². The second-order valence-corrected chi connectivity index (χ2v) is 7.03. The molecule has 17 heavy (non-hydrogen) atoms. The predicted molar refractivity (Wildman–Crippen MR) is 68.8 cm³/mol. The minimum absolute atomic E-state index is 0.175. The summed E-state index contributed by atoms with van der Waals surface area (Å²) in [7, 11) is 0. The second kappa shape index (κ2) is 4.81. The van der Waals surface area contributed by atoms with Crippen LogP contribution in [0.2, 0.25) is 0 Å². The summed E-state index contributed by atoms with van der Waals surface area (Å²) in [6, 6.07) is 0.257. The molecular weight excluding hydrogens is 234 g/mol. The largest absolute Gasteiger partial charge is 0.396 e. The van der Waals surface area contributed by atoms with Crippen LogP contribution in [0, 0.1) is 17.8 Å². The van der Waals surface area contributed by atoms with Crippen molar-refractivity contribution in [2.75, 3.05) is 12.4 Å². The zero-order valence-corrected chi connectivity index (χ0v) is 10.9. The Kier molecular flexibility index (Phi) is 3.35. The monoisotopic (exact) mass is 255 g/mol. The number of aliphatic hydroxyl groups is 1. The molecule has 3 fully saturated rings. The lowest BCUT2D eigenvalue weighted by molar-refractivity contribution is -0.122. The number of thioether (sulfide) groups is 1. The molecule has 3 aliphatic rings. The van der Waals surface area contributed by atoms with Crippen molar-refractivity contribution in [3.63, 3.8) is 0 Å². The zero-order chi connectivity index (χ0) is 11.8. The van der Waals surface area contributed by atoms with E-state index in [-0.39, 0.29) is 23.8 Å². The lowest BCUT2D eigenvalue weighted by atomic mass is 9.85. The van der Waals surface area contributed by atoms with E-state index >= 15 is 0 Å². The van der Waals surface area contributed by atoms with Gasteiger partial charge in [-0.1, -0.05) is 0 Å². The SMILES string of the molecule is O=C(NC1C2CCC(C2)C1CO)C1CCCS1. The molecule has 1 heterocycles. The van der Waals surface area contributed by atoms with E-state index in [1.165, 1.54) is 25.7 Å². The summed E-state index contributed by atoms with van der Waals surface area (Å²) in [5, 5.41) is 12.9. The number of nitrogens with one attached hydrogen (secondary N) is 1. The van der Waals surface area contributed by atoms with Crippen LogP contribution < -0.4 is 5.32 Å². The third kappa shape index (κ3) is 2.10. The van der Waals surface area contributed by atoms with Crippen molar-refractivity contribution in [1.82, 2.24) is 5.32 Å². The van der Waals surface area contributed by atoms with Gasteiger partial charge in [0.1, 0.15) is 0 Å². The maximum atomic E-state index is 12.1. The molecule has 3 nitrogen and oxygen atoms in total. The first-order valence-corrected chi connectivity index (χ1v) is 7.87. The van der Waals surface area contributed by atoms with Crippen molar-refractivity contribution in [3.8, 4) is 0 Å². The van der Waals surface area contributed by atoms with Crippen molar-refractivity contribution in [2.45, 2.75) is 43.4 Å². The molecule has 2 saturated carbocycles. The molecule has 0 aromatic heterocycles. The molecule has 0 aromatic rings. The van der Waals surface area contributed by atoms with E-state index in [1.807, 2.05) is 0 Å². The Balaban J connectivity index is 1.62. The van der Waals surface area contributed by atoms with E-state index < -0.39 is 0 Å². The summed E-state index contributed by atoms with van der Waals surface area (Å²) in [4.78, 5) is 12.1. The molecule has 5 unspecified atom stereocenters. The lowest BCUT2D eigenvalue weighted by Crippen LogP contribution is -2.47. The van der Waals surface area contributed by atoms with Gasteiger partial charge in [-0.05, 0) is 49.7 Å². The van der Waals surface area contributed by atoms with Crippen LogP contribution in [0.1, 0.15) is 32.1 Å². The van der Waals surface area contributed by atoms with Crippen LogP contribution in [0.4, 0.5) is 0 Å². The summed E-state index contributed by atoms with van der Waals surface area (Å²) in [5.41, 5.74) is 0. The molecule has 0 aromatic carbocycles. The second-order valence-electron chi connectivity index (χ2n) is 5.72. The minimum atomic E-state index is 0.175. The molecular formula is C13H21NO2S. The fourth-order valence-corrected chi connectivity index (χ4v) is 5.11. The van der Waals surface area contributed by atoms with Crippen LogP contribution in [0.25, 0.3) is 0 Å². The number of hydrogen-bond acceptors (Lipinski definition) is 3. The molecule has 96 valence electrons.